The molecule has 0 aliphatic carbocycles. The molecule has 1 aromatic carbocycles. The Bertz CT molecular complexity index is 417. The fourth-order valence-corrected chi connectivity index (χ4v) is 2.66. The largest absolute Gasteiger partial charge is 0.330 e. The third-order valence-corrected chi connectivity index (χ3v) is 3.57. The van der Waals surface area contributed by atoms with Crippen molar-refractivity contribution >= 4 is 11.6 Å². The molecule has 0 saturated carbocycles. The summed E-state index contributed by atoms with van der Waals surface area (Å²) in [6.07, 6.45) is 4.62. The van der Waals surface area contributed by atoms with E-state index in [-0.39, 0.29) is 5.91 Å². The highest BCUT2D eigenvalue weighted by atomic mass is 16.2. The summed E-state index contributed by atoms with van der Waals surface area (Å²) >= 11 is 0. The van der Waals surface area contributed by atoms with Crippen molar-refractivity contribution in [3.63, 3.8) is 0 Å². The Hall–Kier alpha value is -1.35. The predicted molar refractivity (Wildman–Crippen MR) is 74.6 cm³/mol. The minimum absolute atomic E-state index is 0.254. The Morgan fingerprint density at radius 3 is 2.89 bits per heavy atom. The molecule has 3 heteroatoms. The highest BCUT2D eigenvalue weighted by Gasteiger charge is 2.29. The molecule has 1 heterocycles. The second-order valence-corrected chi connectivity index (χ2v) is 5.04. The van der Waals surface area contributed by atoms with Gasteiger partial charge in [-0.2, -0.15) is 0 Å². The van der Waals surface area contributed by atoms with Crippen LogP contribution in [-0.2, 0) is 11.2 Å². The molecule has 1 aliphatic heterocycles. The van der Waals surface area contributed by atoms with Gasteiger partial charge in [0.15, 0.2) is 0 Å². The van der Waals surface area contributed by atoms with Gasteiger partial charge in [0.2, 0.25) is 5.91 Å². The number of rotatable bonds is 5. The number of unbranched alkanes of at least 4 members (excludes halogenated alkanes) is 2. The Labute approximate surface area is 109 Å². The second-order valence-electron chi connectivity index (χ2n) is 5.04. The van der Waals surface area contributed by atoms with Gasteiger partial charge in [-0.05, 0) is 44.4 Å². The number of anilines is 1. The van der Waals surface area contributed by atoms with E-state index in [1.807, 2.05) is 17.0 Å². The number of para-hydroxylation sites is 1. The lowest BCUT2D eigenvalue weighted by Gasteiger charge is -2.22. The maximum Gasteiger partial charge on any atom is 0.227 e. The molecule has 18 heavy (non-hydrogen) atoms. The van der Waals surface area contributed by atoms with Gasteiger partial charge in [-0.3, -0.25) is 4.79 Å². The SMILES string of the molecule is CC1Cc2ccccc2N1C(=O)CCCCCN. The molecule has 1 aliphatic rings. The van der Waals surface area contributed by atoms with Crippen LogP contribution in [0.1, 0.15) is 38.2 Å². The Morgan fingerprint density at radius 1 is 1.33 bits per heavy atom. The van der Waals surface area contributed by atoms with E-state index in [9.17, 15) is 4.79 Å². The fourth-order valence-electron chi connectivity index (χ4n) is 2.66. The van der Waals surface area contributed by atoms with E-state index in [1.165, 1.54) is 5.56 Å². The first kappa shape index (κ1) is 13.1. The van der Waals surface area contributed by atoms with E-state index in [1.54, 1.807) is 0 Å². The van der Waals surface area contributed by atoms with Gasteiger partial charge >= 0.3 is 0 Å². The number of fused-ring (bicyclic) bond motifs is 1. The van der Waals surface area contributed by atoms with Crippen molar-refractivity contribution < 1.29 is 4.79 Å². The van der Waals surface area contributed by atoms with E-state index >= 15 is 0 Å². The van der Waals surface area contributed by atoms with Crippen molar-refractivity contribution in [1.29, 1.82) is 0 Å². The molecule has 0 bridgehead atoms. The molecule has 3 nitrogen and oxygen atoms in total. The minimum atomic E-state index is 0.254. The van der Waals surface area contributed by atoms with Crippen LogP contribution in [0, 0.1) is 0 Å². The molecule has 2 N–H and O–H groups in total. The summed E-state index contributed by atoms with van der Waals surface area (Å²) in [5.74, 6) is 0.254. The van der Waals surface area contributed by atoms with E-state index in [2.05, 4.69) is 19.1 Å². The van der Waals surface area contributed by atoms with Crippen LogP contribution >= 0.6 is 0 Å². The highest BCUT2D eigenvalue weighted by Crippen LogP contribution is 2.32. The van der Waals surface area contributed by atoms with Gasteiger partial charge in [0.25, 0.3) is 0 Å². The number of carbonyl (C=O) groups is 1. The first-order chi connectivity index (χ1) is 8.74. The van der Waals surface area contributed by atoms with Gasteiger partial charge in [-0.25, -0.2) is 0 Å². The van der Waals surface area contributed by atoms with Crippen LogP contribution in [-0.4, -0.2) is 18.5 Å². The van der Waals surface area contributed by atoms with Crippen molar-refractivity contribution in [3.8, 4) is 0 Å². The van der Waals surface area contributed by atoms with Crippen LogP contribution in [0.2, 0.25) is 0 Å². The van der Waals surface area contributed by atoms with Gasteiger partial charge in [-0.15, -0.1) is 0 Å². The molecule has 1 unspecified atom stereocenters. The topological polar surface area (TPSA) is 46.3 Å². The molecule has 1 aromatic rings. The maximum absolute atomic E-state index is 12.3. The molecule has 0 saturated heterocycles. The Morgan fingerprint density at radius 2 is 2.11 bits per heavy atom. The van der Waals surface area contributed by atoms with Gasteiger partial charge in [0.05, 0.1) is 0 Å². The van der Waals surface area contributed by atoms with E-state index in [4.69, 9.17) is 5.73 Å². The average molecular weight is 246 g/mol. The quantitative estimate of drug-likeness (QED) is 0.811. The van der Waals surface area contributed by atoms with E-state index in [0.717, 1.165) is 37.9 Å². The fraction of sp³-hybridized carbons (Fsp3) is 0.533. The third kappa shape index (κ3) is 2.72. The van der Waals surface area contributed by atoms with Crippen LogP contribution in [0.15, 0.2) is 24.3 Å². The molecule has 98 valence electrons. The highest BCUT2D eigenvalue weighted by molar-refractivity contribution is 5.96. The summed E-state index contributed by atoms with van der Waals surface area (Å²) in [7, 11) is 0. The molecule has 1 atom stereocenters. The number of amides is 1. The maximum atomic E-state index is 12.3. The zero-order chi connectivity index (χ0) is 13.0. The number of benzene rings is 1. The van der Waals surface area contributed by atoms with Crippen LogP contribution in [0.4, 0.5) is 5.69 Å². The van der Waals surface area contributed by atoms with Crippen molar-refractivity contribution in [1.82, 2.24) is 0 Å². The van der Waals surface area contributed by atoms with E-state index in [0.29, 0.717) is 12.5 Å². The zero-order valence-electron chi connectivity index (χ0n) is 11.1. The minimum Gasteiger partial charge on any atom is -0.330 e. The van der Waals surface area contributed by atoms with Crippen LogP contribution in [0.25, 0.3) is 0 Å². The first-order valence-electron chi connectivity index (χ1n) is 6.84. The lowest BCUT2D eigenvalue weighted by molar-refractivity contribution is -0.119. The summed E-state index contributed by atoms with van der Waals surface area (Å²) < 4.78 is 0. The summed E-state index contributed by atoms with van der Waals surface area (Å²) in [5.41, 5.74) is 7.85. The van der Waals surface area contributed by atoms with Crippen LogP contribution in [0.3, 0.4) is 0 Å². The first-order valence-corrected chi connectivity index (χ1v) is 6.84. The molecule has 0 radical (unpaired) electrons. The molecule has 0 spiro atoms. The summed E-state index contributed by atoms with van der Waals surface area (Å²) in [6.45, 7) is 2.84. The number of hydrogen-bond donors (Lipinski definition) is 1. The van der Waals surface area contributed by atoms with Crippen molar-refractivity contribution in [2.24, 2.45) is 5.73 Å². The monoisotopic (exact) mass is 246 g/mol. The molecule has 0 fully saturated rings. The van der Waals surface area contributed by atoms with E-state index < -0.39 is 0 Å². The van der Waals surface area contributed by atoms with Crippen molar-refractivity contribution in [2.45, 2.75) is 45.1 Å². The summed E-state index contributed by atoms with van der Waals surface area (Å²) in [6, 6.07) is 8.51. The normalized spacial score (nSPS) is 17.9. The Kier molecular flexibility index (Phi) is 4.37. The lowest BCUT2D eigenvalue weighted by Crippen LogP contribution is -2.35. The molecular weight excluding hydrogens is 224 g/mol. The van der Waals surface area contributed by atoms with Crippen molar-refractivity contribution in [2.75, 3.05) is 11.4 Å². The standard InChI is InChI=1S/C15H22N2O/c1-12-11-13-7-4-5-8-14(13)17(12)15(18)9-3-2-6-10-16/h4-5,7-8,12H,2-3,6,9-11,16H2,1H3. The second kappa shape index (κ2) is 6.01. The number of carbonyl (C=O) groups excluding carboxylic acids is 1. The third-order valence-electron chi connectivity index (χ3n) is 3.57. The van der Waals surface area contributed by atoms with Gasteiger partial charge in [0, 0.05) is 18.2 Å². The smallest absolute Gasteiger partial charge is 0.227 e. The van der Waals surface area contributed by atoms with Gasteiger partial charge in [-0.1, -0.05) is 24.6 Å². The van der Waals surface area contributed by atoms with Crippen LogP contribution < -0.4 is 10.6 Å². The summed E-state index contributed by atoms with van der Waals surface area (Å²) in [5, 5.41) is 0. The zero-order valence-corrected chi connectivity index (χ0v) is 11.1. The summed E-state index contributed by atoms with van der Waals surface area (Å²) in [4.78, 5) is 14.2. The van der Waals surface area contributed by atoms with Crippen molar-refractivity contribution in [3.05, 3.63) is 29.8 Å². The Balaban J connectivity index is 1.98. The average Bonchev–Trinajstić information content (AvgIpc) is 2.70. The molecule has 1 amide bonds. The molecule has 2 rings (SSSR count). The number of nitrogens with zero attached hydrogens (tertiary/aromatic N) is 1. The van der Waals surface area contributed by atoms with Gasteiger partial charge in [0.1, 0.15) is 0 Å². The lowest BCUT2D eigenvalue weighted by atomic mass is 10.1. The van der Waals surface area contributed by atoms with Gasteiger partial charge < -0.3 is 10.6 Å². The molecular formula is C15H22N2O. The number of hydrogen-bond acceptors (Lipinski definition) is 2. The predicted octanol–water partition coefficient (Wildman–Crippen LogP) is 2.48. The van der Waals surface area contributed by atoms with Crippen LogP contribution in [0.5, 0.6) is 0 Å². The number of nitrogens with two attached hydrogens (primary N) is 1. The molecule has 0 aromatic heterocycles.